The van der Waals surface area contributed by atoms with Gasteiger partial charge in [-0.25, -0.2) is 4.79 Å². The van der Waals surface area contributed by atoms with Crippen LogP contribution in [-0.4, -0.2) is 49.6 Å². The summed E-state index contributed by atoms with van der Waals surface area (Å²) in [7, 11) is 4.80. The number of nitrogens with zero attached hydrogens (tertiary/aromatic N) is 2. The van der Waals surface area contributed by atoms with Crippen molar-refractivity contribution in [2.45, 2.75) is 19.0 Å². The number of benzene rings is 2. The van der Waals surface area contributed by atoms with Crippen LogP contribution >= 0.6 is 0 Å². The second-order valence-corrected chi connectivity index (χ2v) is 7.40. The Morgan fingerprint density at radius 3 is 2.43 bits per heavy atom. The summed E-state index contributed by atoms with van der Waals surface area (Å²) in [6, 6.07) is 14.3. The van der Waals surface area contributed by atoms with E-state index in [4.69, 9.17) is 9.47 Å². The van der Waals surface area contributed by atoms with Gasteiger partial charge in [0.2, 0.25) is 0 Å². The van der Waals surface area contributed by atoms with E-state index in [2.05, 4.69) is 5.32 Å². The molecule has 0 spiro atoms. The van der Waals surface area contributed by atoms with Crippen molar-refractivity contribution in [2.24, 2.45) is 0 Å². The fourth-order valence-electron chi connectivity index (χ4n) is 4.19. The molecule has 1 N–H and O–H groups in total. The van der Waals surface area contributed by atoms with E-state index >= 15 is 0 Å². The second-order valence-electron chi connectivity index (χ2n) is 7.40. The van der Waals surface area contributed by atoms with Gasteiger partial charge in [0.05, 0.1) is 44.1 Å². The van der Waals surface area contributed by atoms with Gasteiger partial charge < -0.3 is 19.7 Å². The first-order chi connectivity index (χ1) is 14.5. The van der Waals surface area contributed by atoms with Crippen molar-refractivity contribution in [3.8, 4) is 11.5 Å². The van der Waals surface area contributed by atoms with E-state index in [9.17, 15) is 9.59 Å². The van der Waals surface area contributed by atoms with Crippen molar-refractivity contribution in [3.05, 3.63) is 70.9 Å². The van der Waals surface area contributed by atoms with Crippen LogP contribution in [0.1, 0.15) is 30.1 Å². The largest absolute Gasteiger partial charge is 0.493 e. The zero-order chi connectivity index (χ0) is 21.4. The van der Waals surface area contributed by atoms with Crippen molar-refractivity contribution in [2.75, 3.05) is 27.8 Å². The molecule has 2 aromatic carbocycles. The number of para-hydroxylation sites is 1. The Labute approximate surface area is 175 Å². The average molecular weight is 407 g/mol. The van der Waals surface area contributed by atoms with E-state index in [0.29, 0.717) is 34.9 Å². The number of carbonyl (C=O) groups excluding carboxylic acids is 2. The van der Waals surface area contributed by atoms with Gasteiger partial charge in [-0.2, -0.15) is 0 Å². The standard InChI is InChI=1S/C23H25N3O4/c1-14(15-9-6-5-7-10-15)26-13-17-19(22(26)27)20(24-23(28)25(17)2)16-11-8-12-18(29-3)21(16)30-4/h5-12,14,20H,13H2,1-4H3,(H,24,28)/t14-,20-/m0/s1. The van der Waals surface area contributed by atoms with Gasteiger partial charge in [-0.3, -0.25) is 9.69 Å². The Hall–Kier alpha value is -3.48. The summed E-state index contributed by atoms with van der Waals surface area (Å²) in [5.41, 5.74) is 3.00. The fraction of sp³-hybridized carbons (Fsp3) is 0.304. The highest BCUT2D eigenvalue weighted by atomic mass is 16.5. The molecule has 0 bridgehead atoms. The van der Waals surface area contributed by atoms with Crippen LogP contribution < -0.4 is 14.8 Å². The molecule has 0 radical (unpaired) electrons. The van der Waals surface area contributed by atoms with Crippen molar-refractivity contribution in [3.63, 3.8) is 0 Å². The van der Waals surface area contributed by atoms with E-state index in [1.165, 1.54) is 4.90 Å². The van der Waals surface area contributed by atoms with Crippen LogP contribution in [0.5, 0.6) is 11.5 Å². The fourth-order valence-corrected chi connectivity index (χ4v) is 4.19. The highest BCUT2D eigenvalue weighted by Gasteiger charge is 2.45. The number of hydrogen-bond acceptors (Lipinski definition) is 4. The molecule has 2 aliphatic rings. The Balaban J connectivity index is 1.77. The number of likely N-dealkylation sites (N-methyl/N-ethyl adjacent to an activating group) is 1. The number of amides is 3. The van der Waals surface area contributed by atoms with Gasteiger partial charge in [-0.1, -0.05) is 42.5 Å². The quantitative estimate of drug-likeness (QED) is 0.826. The molecule has 2 atom stereocenters. The summed E-state index contributed by atoms with van der Waals surface area (Å²) >= 11 is 0. The van der Waals surface area contributed by atoms with Crippen LogP contribution in [0.15, 0.2) is 59.8 Å². The van der Waals surface area contributed by atoms with Gasteiger partial charge in [-0.15, -0.1) is 0 Å². The first-order valence-electron chi connectivity index (χ1n) is 9.82. The highest BCUT2D eigenvalue weighted by Crippen LogP contribution is 2.43. The highest BCUT2D eigenvalue weighted by molar-refractivity contribution is 6.01. The molecular weight excluding hydrogens is 382 g/mol. The predicted molar refractivity (Wildman–Crippen MR) is 112 cm³/mol. The maximum atomic E-state index is 13.6. The van der Waals surface area contributed by atoms with Crippen molar-refractivity contribution >= 4 is 11.9 Å². The Morgan fingerprint density at radius 2 is 1.77 bits per heavy atom. The summed E-state index contributed by atoms with van der Waals surface area (Å²) in [5.74, 6) is 0.956. The van der Waals surface area contributed by atoms with Gasteiger partial charge in [0.25, 0.3) is 5.91 Å². The Morgan fingerprint density at radius 1 is 1.03 bits per heavy atom. The molecule has 156 valence electrons. The van der Waals surface area contributed by atoms with Crippen molar-refractivity contribution in [1.82, 2.24) is 15.1 Å². The van der Waals surface area contributed by atoms with Gasteiger partial charge in [0, 0.05) is 12.6 Å². The lowest BCUT2D eigenvalue weighted by Crippen LogP contribution is -2.45. The van der Waals surface area contributed by atoms with E-state index in [1.807, 2.05) is 49.4 Å². The lowest BCUT2D eigenvalue weighted by atomic mass is 9.94. The molecule has 2 aliphatic heterocycles. The molecule has 0 aromatic heterocycles. The van der Waals surface area contributed by atoms with Crippen LogP contribution in [0, 0.1) is 0 Å². The number of ether oxygens (including phenoxy) is 2. The molecule has 0 saturated carbocycles. The lowest BCUT2D eigenvalue weighted by molar-refractivity contribution is -0.127. The van der Waals surface area contributed by atoms with E-state index < -0.39 is 6.04 Å². The maximum Gasteiger partial charge on any atom is 0.322 e. The third kappa shape index (κ3) is 3.07. The minimum Gasteiger partial charge on any atom is -0.493 e. The molecule has 2 aromatic rings. The molecule has 3 amide bonds. The van der Waals surface area contributed by atoms with Crippen LogP contribution in [0.4, 0.5) is 4.79 Å². The minimum atomic E-state index is -0.616. The summed E-state index contributed by atoms with van der Waals surface area (Å²) < 4.78 is 11.0. The van der Waals surface area contributed by atoms with Crippen LogP contribution in [-0.2, 0) is 4.79 Å². The van der Waals surface area contributed by atoms with E-state index in [-0.39, 0.29) is 18.0 Å². The topological polar surface area (TPSA) is 71.1 Å². The SMILES string of the molecule is COc1cccc([C@@H]2NC(=O)N(C)C3=C2C(=O)N([C@@H](C)c2ccccc2)C3)c1OC. The van der Waals surface area contributed by atoms with E-state index in [0.717, 1.165) is 5.56 Å². The molecule has 7 heteroatoms. The van der Waals surface area contributed by atoms with Gasteiger partial charge >= 0.3 is 6.03 Å². The van der Waals surface area contributed by atoms with Crippen molar-refractivity contribution in [1.29, 1.82) is 0 Å². The summed E-state index contributed by atoms with van der Waals surface area (Å²) in [5, 5.41) is 2.96. The second kappa shape index (κ2) is 7.74. The normalized spacial score (nSPS) is 19.5. The first kappa shape index (κ1) is 19.8. The monoisotopic (exact) mass is 407 g/mol. The summed E-state index contributed by atoms with van der Waals surface area (Å²) in [6.07, 6.45) is 0. The minimum absolute atomic E-state index is 0.0944. The molecule has 2 heterocycles. The molecule has 0 aliphatic carbocycles. The predicted octanol–water partition coefficient (Wildman–Crippen LogP) is 3.26. The molecular formula is C23H25N3O4. The number of nitrogens with one attached hydrogen (secondary N) is 1. The number of rotatable bonds is 5. The van der Waals surface area contributed by atoms with Crippen LogP contribution in [0.2, 0.25) is 0 Å². The third-order valence-electron chi connectivity index (χ3n) is 5.88. The smallest absolute Gasteiger partial charge is 0.322 e. The average Bonchev–Trinajstić information content (AvgIpc) is 3.13. The number of carbonyl (C=O) groups is 2. The third-order valence-corrected chi connectivity index (χ3v) is 5.88. The lowest BCUT2D eigenvalue weighted by Gasteiger charge is -2.31. The molecule has 7 nitrogen and oxygen atoms in total. The zero-order valence-corrected chi connectivity index (χ0v) is 17.5. The van der Waals surface area contributed by atoms with Crippen molar-refractivity contribution < 1.29 is 19.1 Å². The molecule has 4 rings (SSSR count). The Bertz CT molecular complexity index is 1020. The molecule has 0 saturated heterocycles. The van der Waals surface area contributed by atoms with Gasteiger partial charge in [0.15, 0.2) is 11.5 Å². The van der Waals surface area contributed by atoms with Gasteiger partial charge in [0.1, 0.15) is 0 Å². The van der Waals surface area contributed by atoms with Crippen LogP contribution in [0.3, 0.4) is 0 Å². The summed E-state index contributed by atoms with van der Waals surface area (Å²) in [4.78, 5) is 29.6. The zero-order valence-electron chi connectivity index (χ0n) is 17.5. The molecule has 30 heavy (non-hydrogen) atoms. The number of urea groups is 1. The first-order valence-corrected chi connectivity index (χ1v) is 9.82. The van der Waals surface area contributed by atoms with Crippen LogP contribution in [0.25, 0.3) is 0 Å². The number of methoxy groups -OCH3 is 2. The molecule has 0 unspecified atom stereocenters. The molecule has 0 fully saturated rings. The Kier molecular flexibility index (Phi) is 5.11. The van der Waals surface area contributed by atoms with Gasteiger partial charge in [-0.05, 0) is 18.6 Å². The number of hydrogen-bond donors (Lipinski definition) is 1. The maximum absolute atomic E-state index is 13.6. The summed E-state index contributed by atoms with van der Waals surface area (Å²) in [6.45, 7) is 2.37. The van der Waals surface area contributed by atoms with E-state index in [1.54, 1.807) is 32.2 Å².